The molecule has 1 aromatic rings. The number of hydrogen-bond acceptors (Lipinski definition) is 2. The third-order valence-corrected chi connectivity index (χ3v) is 3.28. The van der Waals surface area contributed by atoms with Gasteiger partial charge in [0.1, 0.15) is 0 Å². The molecule has 0 aliphatic heterocycles. The Morgan fingerprint density at radius 1 is 1.06 bits per heavy atom. The van der Waals surface area contributed by atoms with Gasteiger partial charge in [-0.05, 0) is 6.42 Å². The molecule has 102 valence electrons. The Kier molecular flexibility index (Phi) is 7.23. The van der Waals surface area contributed by atoms with E-state index in [9.17, 15) is 4.79 Å². The molecule has 0 radical (unpaired) electrons. The first-order chi connectivity index (χ1) is 8.74. The van der Waals surface area contributed by atoms with Gasteiger partial charge in [-0.15, -0.1) is 0 Å². The van der Waals surface area contributed by atoms with Crippen LogP contribution in [0.25, 0.3) is 0 Å². The molecule has 0 unspecified atom stereocenters. The van der Waals surface area contributed by atoms with Crippen LogP contribution in [0.1, 0.15) is 58.3 Å². The molecule has 18 heavy (non-hydrogen) atoms. The Balaban J connectivity index is 2.07. The summed E-state index contributed by atoms with van der Waals surface area (Å²) >= 11 is 0. The summed E-state index contributed by atoms with van der Waals surface area (Å²) < 4.78 is 2.01. The lowest BCUT2D eigenvalue weighted by atomic mass is 10.1. The zero-order chi connectivity index (χ0) is 13.2. The van der Waals surface area contributed by atoms with Crippen molar-refractivity contribution in [2.24, 2.45) is 0 Å². The fraction of sp³-hybridized carbons (Fsp3) is 0.667. The van der Waals surface area contributed by atoms with Crippen LogP contribution in [0.5, 0.6) is 0 Å². The first-order valence-corrected chi connectivity index (χ1v) is 7.19. The molecule has 0 atom stereocenters. The number of nitrogen functional groups attached to an aromatic ring is 1. The van der Waals surface area contributed by atoms with E-state index in [1.807, 2.05) is 10.8 Å². The second-order valence-corrected chi connectivity index (χ2v) is 4.98. The fourth-order valence-electron chi connectivity index (χ4n) is 2.11. The van der Waals surface area contributed by atoms with Gasteiger partial charge in [0.15, 0.2) is 0 Å². The zero-order valence-corrected chi connectivity index (χ0v) is 11.5. The Morgan fingerprint density at radius 2 is 1.67 bits per heavy atom. The molecule has 1 aromatic heterocycles. The van der Waals surface area contributed by atoms with Crippen LogP contribution in [0.3, 0.4) is 0 Å². The Hall–Kier alpha value is -1.25. The van der Waals surface area contributed by atoms with E-state index in [2.05, 4.69) is 6.92 Å². The van der Waals surface area contributed by atoms with E-state index < -0.39 is 0 Å². The largest absolute Gasteiger partial charge is 0.394 e. The molecule has 3 nitrogen and oxygen atoms in total. The van der Waals surface area contributed by atoms with Crippen LogP contribution in [0, 0.1) is 0 Å². The zero-order valence-electron chi connectivity index (χ0n) is 11.5. The van der Waals surface area contributed by atoms with Crippen molar-refractivity contribution < 1.29 is 0 Å². The molecule has 3 heteroatoms. The highest BCUT2D eigenvalue weighted by atomic mass is 16.1. The average Bonchev–Trinajstić information content (AvgIpc) is 2.37. The lowest BCUT2D eigenvalue weighted by Gasteiger charge is -2.06. The number of rotatable bonds is 9. The summed E-state index contributed by atoms with van der Waals surface area (Å²) in [5, 5.41) is 0. The molecule has 0 amide bonds. The summed E-state index contributed by atoms with van der Waals surface area (Å²) in [7, 11) is 0. The smallest absolute Gasteiger partial charge is 0.204 e. The second kappa shape index (κ2) is 8.78. The molecule has 0 aromatic carbocycles. The van der Waals surface area contributed by atoms with Gasteiger partial charge in [-0.1, -0.05) is 51.9 Å². The van der Waals surface area contributed by atoms with Crippen LogP contribution in [0.2, 0.25) is 0 Å². The first-order valence-electron chi connectivity index (χ1n) is 7.19. The molecule has 1 heterocycles. The highest BCUT2D eigenvalue weighted by Crippen LogP contribution is 2.09. The summed E-state index contributed by atoms with van der Waals surface area (Å²) in [5.41, 5.74) is 5.85. The van der Waals surface area contributed by atoms with Gasteiger partial charge in [0, 0.05) is 25.0 Å². The van der Waals surface area contributed by atoms with Crippen LogP contribution in [0.15, 0.2) is 23.3 Å². The number of nitrogens with two attached hydrogens (primary N) is 1. The van der Waals surface area contributed by atoms with Gasteiger partial charge in [0.2, 0.25) is 5.43 Å². The molecule has 0 fully saturated rings. The van der Waals surface area contributed by atoms with Crippen LogP contribution >= 0.6 is 0 Å². The van der Waals surface area contributed by atoms with E-state index in [1.165, 1.54) is 44.9 Å². The lowest BCUT2D eigenvalue weighted by Crippen LogP contribution is -2.10. The average molecular weight is 250 g/mol. The number of nitrogens with zero attached hydrogens (tertiary/aromatic N) is 1. The van der Waals surface area contributed by atoms with Gasteiger partial charge in [0.25, 0.3) is 0 Å². The van der Waals surface area contributed by atoms with E-state index in [-0.39, 0.29) is 5.43 Å². The molecule has 0 saturated heterocycles. The summed E-state index contributed by atoms with van der Waals surface area (Å²) in [5.74, 6) is 0. The molecule has 0 aliphatic carbocycles. The van der Waals surface area contributed by atoms with Crippen molar-refractivity contribution in [3.63, 3.8) is 0 Å². The molecule has 0 saturated carbocycles. The van der Waals surface area contributed by atoms with Crippen molar-refractivity contribution >= 4 is 5.69 Å². The quantitative estimate of drug-likeness (QED) is 0.681. The minimum absolute atomic E-state index is 0.0813. The number of anilines is 1. The predicted molar refractivity (Wildman–Crippen MR) is 77.7 cm³/mol. The number of aryl methyl sites for hydroxylation is 1. The standard InChI is InChI=1S/C15H26N2O/c1-2-3-4-5-6-7-8-9-11-17-12-10-15(18)14(16)13-17/h10,12-13H,2-9,11,16H2,1H3. The van der Waals surface area contributed by atoms with Crippen molar-refractivity contribution in [1.82, 2.24) is 4.57 Å². The van der Waals surface area contributed by atoms with Gasteiger partial charge < -0.3 is 10.3 Å². The SMILES string of the molecule is CCCCCCCCCCn1ccc(=O)c(N)c1. The number of aromatic nitrogens is 1. The maximum absolute atomic E-state index is 11.1. The van der Waals surface area contributed by atoms with Gasteiger partial charge in [0.05, 0.1) is 5.69 Å². The summed E-state index contributed by atoms with van der Waals surface area (Å²) in [6.45, 7) is 3.20. The summed E-state index contributed by atoms with van der Waals surface area (Å²) in [6, 6.07) is 1.54. The highest BCUT2D eigenvalue weighted by Gasteiger charge is 1.96. The molecule has 1 rings (SSSR count). The van der Waals surface area contributed by atoms with Crippen molar-refractivity contribution in [3.05, 3.63) is 28.7 Å². The Bertz CT molecular complexity index is 384. The maximum atomic E-state index is 11.1. The van der Waals surface area contributed by atoms with Crippen molar-refractivity contribution in [1.29, 1.82) is 0 Å². The topological polar surface area (TPSA) is 48.0 Å². The van der Waals surface area contributed by atoms with Gasteiger partial charge in [-0.3, -0.25) is 4.79 Å². The molecule has 0 spiro atoms. The highest BCUT2D eigenvalue weighted by molar-refractivity contribution is 5.33. The van der Waals surface area contributed by atoms with Gasteiger partial charge in [-0.25, -0.2) is 0 Å². The van der Waals surface area contributed by atoms with Crippen LogP contribution in [-0.2, 0) is 6.54 Å². The van der Waals surface area contributed by atoms with E-state index >= 15 is 0 Å². The molecular weight excluding hydrogens is 224 g/mol. The normalized spacial score (nSPS) is 10.7. The minimum atomic E-state index is -0.0813. The fourth-order valence-corrected chi connectivity index (χ4v) is 2.11. The lowest BCUT2D eigenvalue weighted by molar-refractivity contribution is 0.543. The molecule has 0 bridgehead atoms. The monoisotopic (exact) mass is 250 g/mol. The van der Waals surface area contributed by atoms with Gasteiger partial charge in [-0.2, -0.15) is 0 Å². The number of pyridine rings is 1. The third kappa shape index (κ3) is 5.89. The summed E-state index contributed by atoms with van der Waals surface area (Å²) in [4.78, 5) is 11.1. The summed E-state index contributed by atoms with van der Waals surface area (Å²) in [6.07, 6.45) is 14.1. The van der Waals surface area contributed by atoms with Crippen LogP contribution < -0.4 is 11.2 Å². The van der Waals surface area contributed by atoms with E-state index in [0.29, 0.717) is 5.69 Å². The minimum Gasteiger partial charge on any atom is -0.394 e. The molecule has 0 aliphatic rings. The van der Waals surface area contributed by atoms with E-state index in [0.717, 1.165) is 13.0 Å². The third-order valence-electron chi connectivity index (χ3n) is 3.28. The van der Waals surface area contributed by atoms with Crippen molar-refractivity contribution in [2.75, 3.05) is 5.73 Å². The Labute approximate surface area is 110 Å². The van der Waals surface area contributed by atoms with Crippen molar-refractivity contribution in [2.45, 2.75) is 64.8 Å². The molecular formula is C15H26N2O. The second-order valence-electron chi connectivity index (χ2n) is 4.98. The first kappa shape index (κ1) is 14.8. The van der Waals surface area contributed by atoms with E-state index in [1.54, 1.807) is 12.3 Å². The van der Waals surface area contributed by atoms with Gasteiger partial charge >= 0.3 is 0 Å². The molecule has 2 N–H and O–H groups in total. The van der Waals surface area contributed by atoms with Crippen LogP contribution in [-0.4, -0.2) is 4.57 Å². The number of unbranched alkanes of at least 4 members (excludes halogenated alkanes) is 7. The Morgan fingerprint density at radius 3 is 2.28 bits per heavy atom. The predicted octanol–water partition coefficient (Wildman–Crippen LogP) is 3.57. The van der Waals surface area contributed by atoms with Crippen molar-refractivity contribution in [3.8, 4) is 0 Å². The number of hydrogen-bond donors (Lipinski definition) is 1. The van der Waals surface area contributed by atoms with E-state index in [4.69, 9.17) is 5.73 Å². The van der Waals surface area contributed by atoms with Crippen LogP contribution in [0.4, 0.5) is 5.69 Å². The maximum Gasteiger partial charge on any atom is 0.204 e.